The molecule has 8 nitrogen and oxygen atoms in total. The Morgan fingerprint density at radius 3 is 2.47 bits per heavy atom. The predicted molar refractivity (Wildman–Crippen MR) is 120 cm³/mol. The lowest BCUT2D eigenvalue weighted by Gasteiger charge is -2.39. The van der Waals surface area contributed by atoms with Crippen LogP contribution >= 0.6 is 11.6 Å². The molecular formula is C21H27ClF3N3O5S. The molecule has 0 spiro atoms. The number of rotatable bonds is 6. The molecule has 34 heavy (non-hydrogen) atoms. The maximum atomic E-state index is 13.2. The van der Waals surface area contributed by atoms with E-state index in [9.17, 15) is 31.8 Å². The molecule has 3 N–H and O–H groups in total. The zero-order valence-electron chi connectivity index (χ0n) is 18.9. The summed E-state index contributed by atoms with van der Waals surface area (Å²) in [4.78, 5) is 38.7. The fraction of sp³-hybridized carbons (Fsp3) is 0.571. The summed E-state index contributed by atoms with van der Waals surface area (Å²) in [5, 5.41) is 3.08. The highest BCUT2D eigenvalue weighted by Crippen LogP contribution is 2.29. The predicted octanol–water partition coefficient (Wildman–Crippen LogP) is 1.89. The molecule has 3 atom stereocenters. The van der Waals surface area contributed by atoms with E-state index in [-0.39, 0.29) is 31.1 Å². The van der Waals surface area contributed by atoms with Crippen molar-refractivity contribution < 1.29 is 36.5 Å². The van der Waals surface area contributed by atoms with E-state index in [1.165, 1.54) is 20.8 Å². The van der Waals surface area contributed by atoms with Crippen LogP contribution in [0.15, 0.2) is 18.2 Å². The first kappa shape index (κ1) is 28.1. The van der Waals surface area contributed by atoms with Gasteiger partial charge in [-0.1, -0.05) is 38.4 Å². The van der Waals surface area contributed by atoms with Gasteiger partial charge in [-0.05, 0) is 23.3 Å². The second-order valence-corrected chi connectivity index (χ2v) is 10.9. The van der Waals surface area contributed by atoms with E-state index in [2.05, 4.69) is 10.1 Å². The first-order chi connectivity index (χ1) is 15.6. The first-order valence-corrected chi connectivity index (χ1v) is 12.2. The number of nitrogens with one attached hydrogen (secondary N) is 1. The summed E-state index contributed by atoms with van der Waals surface area (Å²) in [5.74, 6) is -4.30. The Hall–Kier alpha value is -2.18. The van der Waals surface area contributed by atoms with Crippen molar-refractivity contribution in [3.05, 3.63) is 34.3 Å². The first-order valence-electron chi connectivity index (χ1n) is 10.3. The molecule has 1 unspecified atom stereocenters. The van der Waals surface area contributed by atoms with Crippen molar-refractivity contribution in [1.82, 2.24) is 10.2 Å². The van der Waals surface area contributed by atoms with Gasteiger partial charge in [-0.3, -0.25) is 13.8 Å². The second kappa shape index (κ2) is 11.0. The lowest BCUT2D eigenvalue weighted by Crippen LogP contribution is -2.60. The standard InChI is InChI=1S/C21H27ClF3N3O5S/c1-20(2,3)16(33-19(31)21(23,24)25)18(30)28-6-7-34(32)11-15(28)17(29)27-10-13-8-14(22)5-4-12(13)9-26/h4-5,8,15-16H,6-7,9-11,26H2,1-3H3,(H,27,29)/t15-,16-,34?/m0/s1. The van der Waals surface area contributed by atoms with E-state index in [1.807, 2.05) is 0 Å². The molecule has 190 valence electrons. The Morgan fingerprint density at radius 1 is 1.26 bits per heavy atom. The molecule has 2 amide bonds. The lowest BCUT2D eigenvalue weighted by molar-refractivity contribution is -0.211. The summed E-state index contributed by atoms with van der Waals surface area (Å²) < 4.78 is 55.1. The summed E-state index contributed by atoms with van der Waals surface area (Å²) in [6.45, 7) is 4.36. The number of hydrogen-bond donors (Lipinski definition) is 2. The summed E-state index contributed by atoms with van der Waals surface area (Å²) in [5.41, 5.74) is 5.88. The highest BCUT2D eigenvalue weighted by molar-refractivity contribution is 7.85. The number of benzene rings is 1. The van der Waals surface area contributed by atoms with Gasteiger partial charge in [-0.2, -0.15) is 13.2 Å². The van der Waals surface area contributed by atoms with Crippen LogP contribution < -0.4 is 11.1 Å². The van der Waals surface area contributed by atoms with Crippen LogP contribution in [-0.2, 0) is 43.0 Å². The summed E-state index contributed by atoms with van der Waals surface area (Å²) in [7, 11) is -1.43. The number of alkyl halides is 3. The molecule has 0 aliphatic carbocycles. The van der Waals surface area contributed by atoms with Crippen LogP contribution in [0.25, 0.3) is 0 Å². The van der Waals surface area contributed by atoms with Crippen molar-refractivity contribution >= 4 is 40.2 Å². The highest BCUT2D eigenvalue weighted by Gasteiger charge is 2.48. The van der Waals surface area contributed by atoms with Crippen molar-refractivity contribution in [2.45, 2.75) is 52.2 Å². The number of nitrogens with two attached hydrogens (primary N) is 1. The Balaban J connectivity index is 2.25. The molecule has 1 heterocycles. The van der Waals surface area contributed by atoms with Crippen molar-refractivity contribution in [1.29, 1.82) is 0 Å². The molecule has 1 fully saturated rings. The van der Waals surface area contributed by atoms with Crippen molar-refractivity contribution in [3.8, 4) is 0 Å². The van der Waals surface area contributed by atoms with Gasteiger partial charge in [0.25, 0.3) is 5.91 Å². The van der Waals surface area contributed by atoms with Gasteiger partial charge in [-0.25, -0.2) is 4.79 Å². The van der Waals surface area contributed by atoms with Crippen LogP contribution in [0.1, 0.15) is 31.9 Å². The maximum absolute atomic E-state index is 13.2. The summed E-state index contributed by atoms with van der Waals surface area (Å²) in [6.07, 6.45) is -7.10. The molecular weight excluding hydrogens is 499 g/mol. The molecule has 1 saturated heterocycles. The fourth-order valence-corrected chi connectivity index (χ4v) is 4.81. The zero-order valence-corrected chi connectivity index (χ0v) is 20.5. The second-order valence-electron chi connectivity index (χ2n) is 8.84. The van der Waals surface area contributed by atoms with Crippen LogP contribution in [0.3, 0.4) is 0 Å². The third-order valence-corrected chi connectivity index (χ3v) is 6.73. The minimum absolute atomic E-state index is 0.0167. The van der Waals surface area contributed by atoms with E-state index in [4.69, 9.17) is 17.3 Å². The van der Waals surface area contributed by atoms with E-state index in [0.29, 0.717) is 10.6 Å². The zero-order chi connectivity index (χ0) is 25.8. The molecule has 2 rings (SSSR count). The quantitative estimate of drug-likeness (QED) is 0.548. The molecule has 0 bridgehead atoms. The summed E-state index contributed by atoms with van der Waals surface area (Å²) in [6, 6.07) is 3.75. The topological polar surface area (TPSA) is 119 Å². The van der Waals surface area contributed by atoms with E-state index in [1.54, 1.807) is 18.2 Å². The maximum Gasteiger partial charge on any atom is 0.490 e. The van der Waals surface area contributed by atoms with Crippen LogP contribution in [-0.4, -0.2) is 63.3 Å². The van der Waals surface area contributed by atoms with Gasteiger partial charge in [0.1, 0.15) is 6.04 Å². The summed E-state index contributed by atoms with van der Waals surface area (Å²) >= 11 is 6.00. The molecule has 1 aliphatic rings. The van der Waals surface area contributed by atoms with Gasteiger partial charge in [0.05, 0.1) is 5.75 Å². The van der Waals surface area contributed by atoms with Crippen LogP contribution in [0.5, 0.6) is 0 Å². The molecule has 13 heteroatoms. The average Bonchev–Trinajstić information content (AvgIpc) is 2.73. The SMILES string of the molecule is CC(C)(C)[C@@H](OC(=O)C(F)(F)F)C(=O)N1CCS(=O)C[C@H]1C(=O)NCc1cc(Cl)ccc1CN. The van der Waals surface area contributed by atoms with E-state index in [0.717, 1.165) is 10.5 Å². The molecule has 0 radical (unpaired) electrons. The van der Waals surface area contributed by atoms with Crippen molar-refractivity contribution in [2.24, 2.45) is 11.1 Å². The Bertz CT molecular complexity index is 968. The number of amides is 2. The third kappa shape index (κ3) is 7.16. The Labute approximate surface area is 202 Å². The van der Waals surface area contributed by atoms with E-state index < -0.39 is 52.3 Å². The number of hydrogen-bond acceptors (Lipinski definition) is 6. The number of nitrogens with zero attached hydrogens (tertiary/aromatic N) is 1. The number of carbonyl (C=O) groups excluding carboxylic acids is 3. The van der Waals surface area contributed by atoms with Crippen LogP contribution in [0, 0.1) is 5.41 Å². The molecule has 1 aliphatic heterocycles. The van der Waals surface area contributed by atoms with Gasteiger partial charge < -0.3 is 20.7 Å². The number of carbonyl (C=O) groups is 3. The number of ether oxygens (including phenoxy) is 1. The molecule has 0 aromatic heterocycles. The van der Waals surface area contributed by atoms with Gasteiger partial charge in [0.2, 0.25) is 5.91 Å². The minimum Gasteiger partial charge on any atom is -0.445 e. The number of esters is 1. The van der Waals surface area contributed by atoms with Gasteiger partial charge >= 0.3 is 12.1 Å². The van der Waals surface area contributed by atoms with Crippen LogP contribution in [0.4, 0.5) is 13.2 Å². The van der Waals surface area contributed by atoms with Gasteiger partial charge in [0.15, 0.2) is 6.10 Å². The van der Waals surface area contributed by atoms with Crippen molar-refractivity contribution in [2.75, 3.05) is 18.1 Å². The Morgan fingerprint density at radius 2 is 1.91 bits per heavy atom. The monoisotopic (exact) mass is 525 g/mol. The molecule has 0 saturated carbocycles. The molecule has 1 aromatic carbocycles. The Kier molecular flexibility index (Phi) is 9.11. The lowest BCUT2D eigenvalue weighted by atomic mass is 9.87. The van der Waals surface area contributed by atoms with E-state index >= 15 is 0 Å². The number of halogens is 4. The van der Waals surface area contributed by atoms with Crippen LogP contribution in [0.2, 0.25) is 5.02 Å². The minimum atomic E-state index is -5.29. The van der Waals surface area contributed by atoms with Crippen molar-refractivity contribution in [3.63, 3.8) is 0 Å². The normalized spacial score (nSPS) is 19.9. The average molecular weight is 526 g/mol. The highest BCUT2D eigenvalue weighted by atomic mass is 35.5. The largest absolute Gasteiger partial charge is 0.490 e. The van der Waals surface area contributed by atoms with Gasteiger partial charge in [0, 0.05) is 46.6 Å². The smallest absolute Gasteiger partial charge is 0.445 e. The fourth-order valence-electron chi connectivity index (χ4n) is 3.37. The molecule has 1 aromatic rings. The third-order valence-electron chi connectivity index (χ3n) is 5.17. The van der Waals surface area contributed by atoms with Gasteiger partial charge in [-0.15, -0.1) is 0 Å².